The maximum atomic E-state index is 12.9. The summed E-state index contributed by atoms with van der Waals surface area (Å²) in [7, 11) is 0. The highest BCUT2D eigenvalue weighted by Gasteiger charge is 2.59. The molecule has 2 aliphatic rings. The maximum absolute atomic E-state index is 12.9. The average Bonchev–Trinajstić information content (AvgIpc) is 2.52. The van der Waals surface area contributed by atoms with Gasteiger partial charge in [0.05, 0.1) is 18.8 Å². The first kappa shape index (κ1) is 18.2. The van der Waals surface area contributed by atoms with Crippen LogP contribution in [-0.2, 0) is 14.7 Å². The van der Waals surface area contributed by atoms with E-state index in [9.17, 15) is 5.21 Å². The molecule has 1 radical (unpaired) electrons. The second-order valence-corrected chi connectivity index (χ2v) is 8.09. The van der Waals surface area contributed by atoms with Gasteiger partial charge in [-0.1, -0.05) is 27.7 Å². The van der Waals surface area contributed by atoms with Gasteiger partial charge in [0, 0.05) is 23.8 Å². The number of hydroxylamine groups is 2. The van der Waals surface area contributed by atoms with Gasteiger partial charge in [0.15, 0.2) is 5.79 Å². The molecule has 0 saturated carbocycles. The first-order chi connectivity index (χ1) is 10.2. The fourth-order valence-corrected chi connectivity index (χ4v) is 4.31. The molecule has 0 aliphatic carbocycles. The summed E-state index contributed by atoms with van der Waals surface area (Å²) in [5, 5.41) is 14.2. The molecule has 0 N–H and O–H groups in total. The lowest BCUT2D eigenvalue weighted by Crippen LogP contribution is -2.68. The van der Waals surface area contributed by atoms with Crippen LogP contribution in [0.2, 0.25) is 0 Å². The molecule has 0 amide bonds. The molecule has 4 nitrogen and oxygen atoms in total. The summed E-state index contributed by atoms with van der Waals surface area (Å²) in [6.07, 6.45) is 5.14. The Bertz CT molecular complexity index is 376. The summed E-state index contributed by atoms with van der Waals surface area (Å²) in [4.78, 5) is 0. The van der Waals surface area contributed by atoms with Gasteiger partial charge in [-0.05, 0) is 39.5 Å². The fraction of sp³-hybridized carbons (Fsp3) is 1.00. The lowest BCUT2D eigenvalue weighted by molar-refractivity contribution is -0.392. The van der Waals surface area contributed by atoms with Crippen LogP contribution in [0.5, 0.6) is 0 Å². The summed E-state index contributed by atoms with van der Waals surface area (Å²) < 4.78 is 12.7. The standard InChI is InChI=1S/C18H34NO3/c1-7-16(8-2)13-21-18(22-14-16)11-15(5,6)19(20)17(9-3,10-4)12-18/h7-14H2,1-6H3. The van der Waals surface area contributed by atoms with Crippen LogP contribution in [0, 0.1) is 5.41 Å². The predicted molar refractivity (Wildman–Crippen MR) is 86.8 cm³/mol. The van der Waals surface area contributed by atoms with E-state index >= 15 is 0 Å². The summed E-state index contributed by atoms with van der Waals surface area (Å²) in [6, 6.07) is 0. The molecule has 4 heteroatoms. The Morgan fingerprint density at radius 1 is 0.864 bits per heavy atom. The van der Waals surface area contributed by atoms with Crippen LogP contribution >= 0.6 is 0 Å². The van der Waals surface area contributed by atoms with Crippen LogP contribution in [0.4, 0.5) is 0 Å². The topological polar surface area (TPSA) is 41.6 Å². The Morgan fingerprint density at radius 2 is 1.36 bits per heavy atom. The van der Waals surface area contributed by atoms with E-state index in [1.165, 1.54) is 5.06 Å². The molecule has 2 aliphatic heterocycles. The third kappa shape index (κ3) is 2.83. The number of ether oxygens (including phenoxy) is 2. The van der Waals surface area contributed by atoms with Crippen molar-refractivity contribution in [2.45, 2.75) is 96.9 Å². The summed E-state index contributed by atoms with van der Waals surface area (Å²) in [5.41, 5.74) is -0.687. The molecule has 2 saturated heterocycles. The zero-order valence-electron chi connectivity index (χ0n) is 15.3. The molecule has 0 aromatic carbocycles. The first-order valence-electron chi connectivity index (χ1n) is 8.98. The molecular weight excluding hydrogens is 278 g/mol. The molecule has 1 spiro atoms. The van der Waals surface area contributed by atoms with Crippen molar-refractivity contribution in [2.24, 2.45) is 5.41 Å². The zero-order valence-corrected chi connectivity index (χ0v) is 15.3. The second kappa shape index (κ2) is 6.04. The molecule has 0 atom stereocenters. The van der Waals surface area contributed by atoms with Crippen LogP contribution in [0.3, 0.4) is 0 Å². The Kier molecular flexibility index (Phi) is 5.00. The number of hydrogen-bond acceptors (Lipinski definition) is 3. The van der Waals surface area contributed by atoms with E-state index in [0.29, 0.717) is 12.8 Å². The van der Waals surface area contributed by atoms with E-state index in [-0.39, 0.29) is 11.0 Å². The largest absolute Gasteiger partial charge is 0.349 e. The van der Waals surface area contributed by atoms with E-state index in [2.05, 4.69) is 27.7 Å². The molecule has 0 unspecified atom stereocenters. The van der Waals surface area contributed by atoms with Gasteiger partial charge in [-0.3, -0.25) is 0 Å². The smallest absolute Gasteiger partial charge is 0.172 e. The summed E-state index contributed by atoms with van der Waals surface area (Å²) in [6.45, 7) is 14.2. The van der Waals surface area contributed by atoms with E-state index in [1.807, 2.05) is 13.8 Å². The minimum atomic E-state index is -0.579. The van der Waals surface area contributed by atoms with Gasteiger partial charge in [0.25, 0.3) is 0 Å². The molecule has 2 heterocycles. The normalized spacial score (nSPS) is 29.6. The quantitative estimate of drug-likeness (QED) is 0.776. The lowest BCUT2D eigenvalue weighted by atomic mass is 9.72. The molecular formula is C18H34NO3. The molecule has 0 bridgehead atoms. The van der Waals surface area contributed by atoms with Crippen molar-refractivity contribution in [1.82, 2.24) is 5.06 Å². The van der Waals surface area contributed by atoms with Gasteiger partial charge in [-0.15, -0.1) is 10.3 Å². The van der Waals surface area contributed by atoms with Crippen LogP contribution in [0.1, 0.15) is 80.1 Å². The van der Waals surface area contributed by atoms with E-state index < -0.39 is 11.3 Å². The third-order valence-electron chi connectivity index (χ3n) is 6.38. The van der Waals surface area contributed by atoms with Crippen molar-refractivity contribution in [1.29, 1.82) is 0 Å². The minimum absolute atomic E-state index is 0.144. The minimum Gasteiger partial charge on any atom is -0.349 e. The Balaban J connectivity index is 2.26. The van der Waals surface area contributed by atoms with Crippen LogP contribution < -0.4 is 0 Å². The zero-order chi connectivity index (χ0) is 16.6. The maximum Gasteiger partial charge on any atom is 0.172 e. The highest BCUT2D eigenvalue weighted by Crippen LogP contribution is 2.51. The van der Waals surface area contributed by atoms with Crippen molar-refractivity contribution >= 4 is 0 Å². The van der Waals surface area contributed by atoms with Gasteiger partial charge in [-0.25, -0.2) is 0 Å². The van der Waals surface area contributed by atoms with Crippen molar-refractivity contribution in [3.8, 4) is 0 Å². The SMILES string of the molecule is CCC1(CC)COC2(CC(C)(C)N([O])C(CC)(CC)C2)OC1. The third-order valence-corrected chi connectivity index (χ3v) is 6.38. The van der Waals surface area contributed by atoms with Crippen molar-refractivity contribution < 1.29 is 14.7 Å². The number of piperidine rings is 1. The summed E-state index contributed by atoms with van der Waals surface area (Å²) in [5.74, 6) is -0.579. The fourth-order valence-electron chi connectivity index (χ4n) is 4.31. The number of hydrogen-bond donors (Lipinski definition) is 0. The number of nitrogens with zero attached hydrogens (tertiary/aromatic N) is 1. The van der Waals surface area contributed by atoms with Crippen molar-refractivity contribution in [2.75, 3.05) is 13.2 Å². The Labute approximate surface area is 136 Å². The van der Waals surface area contributed by atoms with Crippen molar-refractivity contribution in [3.63, 3.8) is 0 Å². The average molecular weight is 312 g/mol. The monoisotopic (exact) mass is 312 g/mol. The lowest BCUT2D eigenvalue weighted by Gasteiger charge is -2.59. The van der Waals surface area contributed by atoms with Crippen LogP contribution in [0.25, 0.3) is 0 Å². The Morgan fingerprint density at radius 3 is 1.77 bits per heavy atom. The molecule has 22 heavy (non-hydrogen) atoms. The molecule has 0 aromatic heterocycles. The van der Waals surface area contributed by atoms with Gasteiger partial charge in [0.2, 0.25) is 0 Å². The molecule has 2 fully saturated rings. The summed E-state index contributed by atoms with van der Waals surface area (Å²) >= 11 is 0. The molecule has 0 aromatic rings. The van der Waals surface area contributed by atoms with E-state index in [0.717, 1.165) is 38.9 Å². The van der Waals surface area contributed by atoms with Crippen LogP contribution in [-0.4, -0.2) is 35.1 Å². The van der Waals surface area contributed by atoms with Gasteiger partial charge in [0.1, 0.15) is 0 Å². The second-order valence-electron chi connectivity index (χ2n) is 8.09. The Hall–Kier alpha value is -0.160. The van der Waals surface area contributed by atoms with Gasteiger partial charge < -0.3 is 9.47 Å². The number of rotatable bonds is 4. The molecule has 129 valence electrons. The highest BCUT2D eigenvalue weighted by atomic mass is 16.7. The van der Waals surface area contributed by atoms with E-state index in [1.54, 1.807) is 0 Å². The van der Waals surface area contributed by atoms with Crippen LogP contribution in [0.15, 0.2) is 0 Å². The van der Waals surface area contributed by atoms with Gasteiger partial charge >= 0.3 is 0 Å². The van der Waals surface area contributed by atoms with Gasteiger partial charge in [-0.2, -0.15) is 0 Å². The molecule has 2 rings (SSSR count). The predicted octanol–water partition coefficient (Wildman–Crippen LogP) is 4.31. The first-order valence-corrected chi connectivity index (χ1v) is 8.98. The van der Waals surface area contributed by atoms with Crippen molar-refractivity contribution in [3.05, 3.63) is 0 Å². The van der Waals surface area contributed by atoms with E-state index in [4.69, 9.17) is 9.47 Å². The highest BCUT2D eigenvalue weighted by molar-refractivity contribution is 5.05.